The molecule has 0 spiro atoms. The molecule has 1 heterocycles. The number of carbonyl (C=O) groups is 1. The first kappa shape index (κ1) is 15.9. The van der Waals surface area contributed by atoms with Gasteiger partial charge in [0.2, 0.25) is 5.91 Å². The number of nitrogens with one attached hydrogen (secondary N) is 1. The summed E-state index contributed by atoms with van der Waals surface area (Å²) in [6, 6.07) is 14.5. The number of hydrogen-bond donors (Lipinski definition) is 1. The molecule has 3 nitrogen and oxygen atoms in total. The molecular formula is C18H19FN2OS. The second-order valence-corrected chi connectivity index (χ2v) is 6.50. The number of anilines is 1. The van der Waals surface area contributed by atoms with Crippen molar-refractivity contribution in [2.24, 2.45) is 0 Å². The van der Waals surface area contributed by atoms with Crippen molar-refractivity contribution in [1.29, 1.82) is 0 Å². The molecule has 0 radical (unpaired) electrons. The molecule has 0 saturated heterocycles. The van der Waals surface area contributed by atoms with Crippen LogP contribution in [0.25, 0.3) is 0 Å². The van der Waals surface area contributed by atoms with E-state index < -0.39 is 0 Å². The molecule has 2 aromatic carbocycles. The van der Waals surface area contributed by atoms with Crippen LogP contribution in [0, 0.1) is 5.82 Å². The van der Waals surface area contributed by atoms with Gasteiger partial charge in [-0.15, -0.1) is 11.8 Å². The summed E-state index contributed by atoms with van der Waals surface area (Å²) in [5, 5.41) is 3.36. The molecule has 1 amide bonds. The standard InChI is InChI=1S/C18H19FN2OS/c19-16-7-5-14(6-8-16)12-23-13-18(22)21-10-9-20-17-4-2-1-3-15(17)11-21/h1-8,20H,9-13H2. The molecule has 0 saturated carbocycles. The Morgan fingerprint density at radius 2 is 1.96 bits per heavy atom. The van der Waals surface area contributed by atoms with E-state index in [0.29, 0.717) is 24.6 Å². The SMILES string of the molecule is O=C(CSCc1ccc(F)cc1)N1CCNc2ccccc2C1. The van der Waals surface area contributed by atoms with Crippen molar-refractivity contribution in [3.63, 3.8) is 0 Å². The summed E-state index contributed by atoms with van der Waals surface area (Å²) in [7, 11) is 0. The van der Waals surface area contributed by atoms with Gasteiger partial charge in [-0.05, 0) is 29.3 Å². The van der Waals surface area contributed by atoms with E-state index in [1.165, 1.54) is 12.1 Å². The van der Waals surface area contributed by atoms with Gasteiger partial charge in [-0.2, -0.15) is 0 Å². The molecule has 5 heteroatoms. The number of benzene rings is 2. The van der Waals surface area contributed by atoms with Gasteiger partial charge in [-0.3, -0.25) is 4.79 Å². The first-order valence-corrected chi connectivity index (χ1v) is 8.79. The predicted octanol–water partition coefficient (Wildman–Crippen LogP) is 3.51. The van der Waals surface area contributed by atoms with Crippen LogP contribution in [0.2, 0.25) is 0 Å². The normalized spacial score (nSPS) is 13.9. The number of carbonyl (C=O) groups excluding carboxylic acids is 1. The first-order chi connectivity index (χ1) is 11.2. The Morgan fingerprint density at radius 1 is 1.17 bits per heavy atom. The maximum atomic E-state index is 12.9. The smallest absolute Gasteiger partial charge is 0.232 e. The Kier molecular flexibility index (Phi) is 5.18. The Labute approximate surface area is 139 Å². The molecule has 0 unspecified atom stereocenters. The van der Waals surface area contributed by atoms with Crippen LogP contribution < -0.4 is 5.32 Å². The maximum absolute atomic E-state index is 12.9. The summed E-state index contributed by atoms with van der Waals surface area (Å²) in [6.45, 7) is 2.13. The summed E-state index contributed by atoms with van der Waals surface area (Å²) >= 11 is 1.57. The number of rotatable bonds is 4. The van der Waals surface area contributed by atoms with Crippen molar-refractivity contribution >= 4 is 23.4 Å². The predicted molar refractivity (Wildman–Crippen MR) is 92.9 cm³/mol. The van der Waals surface area contributed by atoms with Gasteiger partial charge in [0.1, 0.15) is 5.82 Å². The van der Waals surface area contributed by atoms with Crippen molar-refractivity contribution in [3.05, 3.63) is 65.5 Å². The third kappa shape index (κ3) is 4.26. The number of fused-ring (bicyclic) bond motifs is 1. The van der Waals surface area contributed by atoms with E-state index in [1.807, 2.05) is 23.1 Å². The zero-order chi connectivity index (χ0) is 16.1. The number of amides is 1. The van der Waals surface area contributed by atoms with Crippen molar-refractivity contribution in [3.8, 4) is 0 Å². The largest absolute Gasteiger partial charge is 0.383 e. The zero-order valence-electron chi connectivity index (χ0n) is 12.8. The minimum absolute atomic E-state index is 0.149. The van der Waals surface area contributed by atoms with Gasteiger partial charge in [0.25, 0.3) is 0 Å². The molecule has 1 N–H and O–H groups in total. The van der Waals surface area contributed by atoms with Crippen molar-refractivity contribution in [2.75, 3.05) is 24.2 Å². The number of halogens is 1. The van der Waals surface area contributed by atoms with Crippen LogP contribution in [-0.2, 0) is 17.1 Å². The summed E-state index contributed by atoms with van der Waals surface area (Å²) in [6.07, 6.45) is 0. The van der Waals surface area contributed by atoms with E-state index >= 15 is 0 Å². The highest BCUT2D eigenvalue weighted by Crippen LogP contribution is 2.21. The van der Waals surface area contributed by atoms with E-state index in [9.17, 15) is 9.18 Å². The highest BCUT2D eigenvalue weighted by Gasteiger charge is 2.18. The lowest BCUT2D eigenvalue weighted by atomic mass is 10.2. The van der Waals surface area contributed by atoms with E-state index in [-0.39, 0.29) is 11.7 Å². The lowest BCUT2D eigenvalue weighted by Crippen LogP contribution is -2.33. The van der Waals surface area contributed by atoms with Gasteiger partial charge < -0.3 is 10.2 Å². The molecule has 3 rings (SSSR count). The highest BCUT2D eigenvalue weighted by molar-refractivity contribution is 7.99. The third-order valence-corrected chi connectivity index (χ3v) is 4.82. The maximum Gasteiger partial charge on any atom is 0.232 e. The van der Waals surface area contributed by atoms with Crippen LogP contribution in [-0.4, -0.2) is 29.6 Å². The van der Waals surface area contributed by atoms with Crippen molar-refractivity contribution in [2.45, 2.75) is 12.3 Å². The molecule has 1 aliphatic rings. The molecule has 0 fully saturated rings. The molecule has 0 bridgehead atoms. The topological polar surface area (TPSA) is 32.3 Å². The van der Waals surface area contributed by atoms with Gasteiger partial charge in [0, 0.05) is 31.1 Å². The van der Waals surface area contributed by atoms with E-state index in [2.05, 4.69) is 11.4 Å². The van der Waals surface area contributed by atoms with Gasteiger partial charge in [0.05, 0.1) is 5.75 Å². The summed E-state index contributed by atoms with van der Waals surface area (Å²) in [5.41, 5.74) is 3.30. The average molecular weight is 330 g/mol. The van der Waals surface area contributed by atoms with E-state index in [0.717, 1.165) is 23.4 Å². The molecule has 23 heavy (non-hydrogen) atoms. The third-order valence-electron chi connectivity index (χ3n) is 3.84. The molecule has 1 aliphatic heterocycles. The molecular weight excluding hydrogens is 311 g/mol. The zero-order valence-corrected chi connectivity index (χ0v) is 13.6. The molecule has 120 valence electrons. The minimum Gasteiger partial charge on any atom is -0.383 e. The molecule has 0 aliphatic carbocycles. The number of nitrogens with zero attached hydrogens (tertiary/aromatic N) is 1. The Bertz CT molecular complexity index is 675. The van der Waals surface area contributed by atoms with Crippen LogP contribution in [0.15, 0.2) is 48.5 Å². The fraction of sp³-hybridized carbons (Fsp3) is 0.278. The lowest BCUT2D eigenvalue weighted by molar-refractivity contribution is -0.128. The minimum atomic E-state index is -0.231. The van der Waals surface area contributed by atoms with Crippen molar-refractivity contribution in [1.82, 2.24) is 4.90 Å². The monoisotopic (exact) mass is 330 g/mol. The van der Waals surface area contributed by atoms with Crippen LogP contribution in [0.3, 0.4) is 0 Å². The summed E-state index contributed by atoms with van der Waals surface area (Å²) in [4.78, 5) is 14.3. The van der Waals surface area contributed by atoms with E-state index in [1.54, 1.807) is 23.9 Å². The summed E-state index contributed by atoms with van der Waals surface area (Å²) in [5.74, 6) is 1.08. The second kappa shape index (κ2) is 7.51. The fourth-order valence-electron chi connectivity index (χ4n) is 2.58. The Balaban J connectivity index is 1.53. The van der Waals surface area contributed by atoms with Crippen LogP contribution >= 0.6 is 11.8 Å². The number of hydrogen-bond acceptors (Lipinski definition) is 3. The van der Waals surface area contributed by atoms with Gasteiger partial charge in [-0.25, -0.2) is 4.39 Å². The lowest BCUT2D eigenvalue weighted by Gasteiger charge is -2.20. The molecule has 0 aromatic heterocycles. The Morgan fingerprint density at radius 3 is 2.78 bits per heavy atom. The molecule has 0 atom stereocenters. The van der Waals surface area contributed by atoms with Crippen molar-refractivity contribution < 1.29 is 9.18 Å². The van der Waals surface area contributed by atoms with Crippen LogP contribution in [0.4, 0.5) is 10.1 Å². The number of para-hydroxylation sites is 1. The number of thioether (sulfide) groups is 1. The van der Waals surface area contributed by atoms with Gasteiger partial charge in [-0.1, -0.05) is 30.3 Å². The van der Waals surface area contributed by atoms with Crippen LogP contribution in [0.1, 0.15) is 11.1 Å². The second-order valence-electron chi connectivity index (χ2n) is 5.52. The first-order valence-electron chi connectivity index (χ1n) is 7.64. The fourth-order valence-corrected chi connectivity index (χ4v) is 3.47. The van der Waals surface area contributed by atoms with Gasteiger partial charge in [0.15, 0.2) is 0 Å². The van der Waals surface area contributed by atoms with Crippen LogP contribution in [0.5, 0.6) is 0 Å². The average Bonchev–Trinajstić information content (AvgIpc) is 2.79. The molecule has 2 aromatic rings. The van der Waals surface area contributed by atoms with Gasteiger partial charge >= 0.3 is 0 Å². The quantitative estimate of drug-likeness (QED) is 0.931. The van der Waals surface area contributed by atoms with E-state index in [4.69, 9.17) is 0 Å². The Hall–Kier alpha value is -2.01. The summed E-state index contributed by atoms with van der Waals surface area (Å²) < 4.78 is 12.9. The highest BCUT2D eigenvalue weighted by atomic mass is 32.2.